The Morgan fingerprint density at radius 1 is 1.26 bits per heavy atom. The lowest BCUT2D eigenvalue weighted by Crippen LogP contribution is -2.38. The van der Waals surface area contributed by atoms with Crippen molar-refractivity contribution in [3.63, 3.8) is 0 Å². The number of hydrogen-bond donors (Lipinski definition) is 2. The quantitative estimate of drug-likeness (QED) is 0.601. The highest BCUT2D eigenvalue weighted by Gasteiger charge is 2.33. The Balaban J connectivity index is 4.50. The zero-order valence-electron chi connectivity index (χ0n) is 12.2. The van der Waals surface area contributed by atoms with Gasteiger partial charge in [-0.05, 0) is 20.3 Å². The summed E-state index contributed by atoms with van der Waals surface area (Å²) in [5.41, 5.74) is -0.511. The van der Waals surface area contributed by atoms with Crippen LogP contribution in [0.3, 0.4) is 0 Å². The van der Waals surface area contributed by atoms with Gasteiger partial charge in [-0.3, -0.25) is 9.36 Å². The molecular weight excluding hydrogens is 269 g/mol. The summed E-state index contributed by atoms with van der Waals surface area (Å²) in [6.07, 6.45) is 0.693. The first-order valence-corrected chi connectivity index (χ1v) is 8.33. The largest absolute Gasteiger partial charge is 0.394 e. The standard InChI is InChI=1S/C12H26NO5P/c1-5-11(9-14)13-12(15)8-10(4)19(16,17-6-2)18-7-3/h10-11,14H,5-9H2,1-4H3,(H,13,15)/t10-,11-/m1/s1. The lowest BCUT2D eigenvalue weighted by molar-refractivity contribution is -0.122. The van der Waals surface area contributed by atoms with Crippen LogP contribution in [0.25, 0.3) is 0 Å². The molecule has 0 heterocycles. The van der Waals surface area contributed by atoms with Crippen molar-refractivity contribution in [3.05, 3.63) is 0 Å². The Labute approximate surface area is 115 Å². The number of hydrogen-bond acceptors (Lipinski definition) is 5. The topological polar surface area (TPSA) is 84.9 Å². The summed E-state index contributed by atoms with van der Waals surface area (Å²) in [5, 5.41) is 11.7. The maximum absolute atomic E-state index is 12.4. The number of amides is 1. The molecule has 6 nitrogen and oxygen atoms in total. The number of aliphatic hydroxyl groups is 1. The molecule has 114 valence electrons. The molecule has 0 saturated carbocycles. The highest BCUT2D eigenvalue weighted by atomic mass is 31.2. The monoisotopic (exact) mass is 295 g/mol. The minimum Gasteiger partial charge on any atom is -0.394 e. The van der Waals surface area contributed by atoms with Crippen molar-refractivity contribution < 1.29 is 23.5 Å². The SMILES string of the molecule is CCOP(=O)(OCC)[C@H](C)CC(=O)N[C@H](CC)CO. The van der Waals surface area contributed by atoms with Crippen LogP contribution >= 0.6 is 7.60 Å². The van der Waals surface area contributed by atoms with Gasteiger partial charge in [-0.15, -0.1) is 0 Å². The second kappa shape index (κ2) is 9.48. The summed E-state index contributed by atoms with van der Waals surface area (Å²) in [4.78, 5) is 11.8. The van der Waals surface area contributed by atoms with E-state index in [4.69, 9.17) is 14.2 Å². The molecule has 0 rings (SSSR count). The van der Waals surface area contributed by atoms with E-state index in [0.717, 1.165) is 0 Å². The fourth-order valence-electron chi connectivity index (χ4n) is 1.60. The van der Waals surface area contributed by atoms with Crippen molar-refractivity contribution in [2.75, 3.05) is 19.8 Å². The van der Waals surface area contributed by atoms with Crippen molar-refractivity contribution in [1.29, 1.82) is 0 Å². The van der Waals surface area contributed by atoms with E-state index >= 15 is 0 Å². The maximum atomic E-state index is 12.4. The van der Waals surface area contributed by atoms with Crippen LogP contribution < -0.4 is 5.32 Å². The van der Waals surface area contributed by atoms with E-state index < -0.39 is 13.3 Å². The van der Waals surface area contributed by atoms with Gasteiger partial charge in [0.25, 0.3) is 0 Å². The summed E-state index contributed by atoms with van der Waals surface area (Å²) in [5.74, 6) is -0.256. The fourth-order valence-corrected chi connectivity index (χ4v) is 3.29. The molecule has 2 N–H and O–H groups in total. The molecule has 0 aromatic carbocycles. The predicted octanol–water partition coefficient (Wildman–Crippen LogP) is 1.92. The molecule has 0 aliphatic rings. The van der Waals surface area contributed by atoms with Gasteiger partial charge in [0.2, 0.25) is 5.91 Å². The first-order chi connectivity index (χ1) is 8.93. The number of rotatable bonds is 10. The first-order valence-electron chi connectivity index (χ1n) is 6.72. The molecule has 0 aromatic heterocycles. The van der Waals surface area contributed by atoms with E-state index in [1.807, 2.05) is 6.92 Å². The molecular formula is C12H26NO5P. The van der Waals surface area contributed by atoms with E-state index in [1.165, 1.54) is 0 Å². The minimum absolute atomic E-state index is 0.0494. The lowest BCUT2D eigenvalue weighted by Gasteiger charge is -2.23. The van der Waals surface area contributed by atoms with Crippen LogP contribution in [0.5, 0.6) is 0 Å². The summed E-state index contributed by atoms with van der Waals surface area (Å²) in [7, 11) is -3.25. The molecule has 2 atom stereocenters. The summed E-state index contributed by atoms with van der Waals surface area (Å²) in [6.45, 7) is 7.45. The van der Waals surface area contributed by atoms with Gasteiger partial charge in [0.05, 0.1) is 31.5 Å². The molecule has 7 heteroatoms. The van der Waals surface area contributed by atoms with Gasteiger partial charge in [0, 0.05) is 6.42 Å². The van der Waals surface area contributed by atoms with Gasteiger partial charge in [0.1, 0.15) is 0 Å². The van der Waals surface area contributed by atoms with Crippen LogP contribution in [0.15, 0.2) is 0 Å². The van der Waals surface area contributed by atoms with Crippen LogP contribution in [0.2, 0.25) is 0 Å². The Morgan fingerprint density at radius 2 is 1.79 bits per heavy atom. The number of aliphatic hydroxyl groups excluding tert-OH is 1. The van der Waals surface area contributed by atoms with E-state index in [2.05, 4.69) is 5.32 Å². The van der Waals surface area contributed by atoms with Crippen molar-refractivity contribution in [3.8, 4) is 0 Å². The van der Waals surface area contributed by atoms with Gasteiger partial charge < -0.3 is 19.5 Å². The Hall–Kier alpha value is -0.420. The van der Waals surface area contributed by atoms with Gasteiger partial charge >= 0.3 is 7.60 Å². The summed E-state index contributed by atoms with van der Waals surface area (Å²) in [6, 6.07) is -0.265. The van der Waals surface area contributed by atoms with E-state index in [9.17, 15) is 9.36 Å². The third kappa shape index (κ3) is 6.52. The predicted molar refractivity (Wildman–Crippen MR) is 74.2 cm³/mol. The third-order valence-corrected chi connectivity index (χ3v) is 5.22. The average molecular weight is 295 g/mol. The number of carbonyl (C=O) groups excluding carboxylic acids is 1. The van der Waals surface area contributed by atoms with Crippen molar-refractivity contribution >= 4 is 13.5 Å². The van der Waals surface area contributed by atoms with E-state index in [-0.39, 0.29) is 38.2 Å². The van der Waals surface area contributed by atoms with E-state index in [0.29, 0.717) is 6.42 Å². The molecule has 1 amide bonds. The molecule has 0 unspecified atom stereocenters. The molecule has 0 aromatic rings. The van der Waals surface area contributed by atoms with Crippen LogP contribution in [0.4, 0.5) is 0 Å². The molecule has 0 aliphatic heterocycles. The molecule has 0 saturated heterocycles. The highest BCUT2D eigenvalue weighted by molar-refractivity contribution is 7.54. The first kappa shape index (κ1) is 18.6. The van der Waals surface area contributed by atoms with Crippen LogP contribution in [0.1, 0.15) is 40.5 Å². The molecule has 0 fully saturated rings. The van der Waals surface area contributed by atoms with Crippen LogP contribution in [-0.4, -0.2) is 42.5 Å². The molecule has 0 spiro atoms. The van der Waals surface area contributed by atoms with Crippen molar-refractivity contribution in [1.82, 2.24) is 5.32 Å². The fraction of sp³-hybridized carbons (Fsp3) is 0.917. The Bertz CT molecular complexity index is 296. The van der Waals surface area contributed by atoms with E-state index in [1.54, 1.807) is 20.8 Å². The normalized spacial score (nSPS) is 15.0. The Kier molecular flexibility index (Phi) is 9.27. The summed E-state index contributed by atoms with van der Waals surface area (Å²) < 4.78 is 22.8. The average Bonchev–Trinajstić information content (AvgIpc) is 2.36. The second-order valence-electron chi connectivity index (χ2n) is 4.28. The minimum atomic E-state index is -3.25. The third-order valence-electron chi connectivity index (χ3n) is 2.72. The maximum Gasteiger partial charge on any atom is 0.333 e. The van der Waals surface area contributed by atoms with Crippen LogP contribution in [-0.2, 0) is 18.4 Å². The smallest absolute Gasteiger partial charge is 0.333 e. The number of nitrogens with one attached hydrogen (secondary N) is 1. The van der Waals surface area contributed by atoms with Gasteiger partial charge in [-0.25, -0.2) is 0 Å². The molecule has 19 heavy (non-hydrogen) atoms. The van der Waals surface area contributed by atoms with Crippen molar-refractivity contribution in [2.24, 2.45) is 0 Å². The van der Waals surface area contributed by atoms with Crippen LogP contribution in [0, 0.1) is 0 Å². The van der Waals surface area contributed by atoms with Gasteiger partial charge in [0.15, 0.2) is 0 Å². The molecule has 0 aliphatic carbocycles. The Morgan fingerprint density at radius 3 is 2.16 bits per heavy atom. The second-order valence-corrected chi connectivity index (χ2v) is 6.76. The molecule has 0 bridgehead atoms. The van der Waals surface area contributed by atoms with Gasteiger partial charge in [-0.2, -0.15) is 0 Å². The highest BCUT2D eigenvalue weighted by Crippen LogP contribution is 2.53. The zero-order chi connectivity index (χ0) is 14.9. The number of carbonyl (C=O) groups is 1. The molecule has 0 radical (unpaired) electrons. The summed E-state index contributed by atoms with van der Waals surface area (Å²) >= 11 is 0. The van der Waals surface area contributed by atoms with Crippen molar-refractivity contribution in [2.45, 2.75) is 52.2 Å². The zero-order valence-corrected chi connectivity index (χ0v) is 13.1. The lowest BCUT2D eigenvalue weighted by atomic mass is 10.2. The van der Waals surface area contributed by atoms with Gasteiger partial charge in [-0.1, -0.05) is 13.8 Å².